The van der Waals surface area contributed by atoms with Gasteiger partial charge in [0.15, 0.2) is 6.10 Å². The number of aliphatic carboxylic acids is 1. The molecule has 0 aliphatic carbocycles. The first-order valence-corrected chi connectivity index (χ1v) is 18.9. The highest BCUT2D eigenvalue weighted by Gasteiger charge is 2.37. The first-order chi connectivity index (χ1) is 24.7. The molecule has 3 rings (SSSR count). The zero-order chi connectivity index (χ0) is 38.5. The molecule has 0 bridgehead atoms. The molecule has 0 radical (unpaired) electrons. The number of benzene rings is 1. The second-order valence-corrected chi connectivity index (χ2v) is 14.9. The first-order valence-electron chi connectivity index (χ1n) is 18.0. The molecule has 0 spiro atoms. The number of alkyl carbamates (subject to hydrolysis) is 1. The van der Waals surface area contributed by atoms with Crippen molar-refractivity contribution in [3.05, 3.63) is 64.1 Å². The van der Waals surface area contributed by atoms with Gasteiger partial charge in [-0.05, 0) is 57.7 Å². The molecular formula is C38H56N6O7S. The number of carboxylic acids is 1. The summed E-state index contributed by atoms with van der Waals surface area (Å²) < 4.78 is 5.76. The number of nitrogens with one attached hydrogen (secondary N) is 3. The highest BCUT2D eigenvalue weighted by Crippen LogP contribution is 2.31. The van der Waals surface area contributed by atoms with Crippen LogP contribution in [-0.4, -0.2) is 102 Å². The predicted octanol–water partition coefficient (Wildman–Crippen LogP) is 4.80. The molecule has 286 valence electrons. The topological polar surface area (TPSA) is 170 Å². The Bertz CT molecular complexity index is 1530. The minimum atomic E-state index is -0.956. The maximum Gasteiger partial charge on any atom is 0.407 e. The number of thiazole rings is 1. The van der Waals surface area contributed by atoms with Crippen LogP contribution in [-0.2, 0) is 25.5 Å². The molecule has 1 aromatic heterocycles. The van der Waals surface area contributed by atoms with Crippen molar-refractivity contribution in [2.45, 2.75) is 103 Å². The zero-order valence-corrected chi connectivity index (χ0v) is 32.3. The van der Waals surface area contributed by atoms with E-state index in [-0.39, 0.29) is 42.3 Å². The van der Waals surface area contributed by atoms with E-state index >= 15 is 0 Å². The molecule has 1 aliphatic heterocycles. The monoisotopic (exact) mass is 740 g/mol. The van der Waals surface area contributed by atoms with Crippen molar-refractivity contribution in [1.82, 2.24) is 30.7 Å². The summed E-state index contributed by atoms with van der Waals surface area (Å²) in [6, 6.07) is 7.32. The number of rotatable bonds is 18. The number of hydrogen-bond acceptors (Lipinski definition) is 9. The van der Waals surface area contributed by atoms with Crippen LogP contribution in [0.15, 0.2) is 47.9 Å². The molecule has 4 amide bonds. The van der Waals surface area contributed by atoms with Crippen LogP contribution in [0.25, 0.3) is 0 Å². The van der Waals surface area contributed by atoms with Gasteiger partial charge < -0.3 is 30.7 Å². The van der Waals surface area contributed by atoms with Crippen molar-refractivity contribution in [1.29, 1.82) is 0 Å². The molecule has 0 unspecified atom stereocenters. The maximum absolute atomic E-state index is 14.2. The number of amides is 4. The Labute approximate surface area is 311 Å². The average Bonchev–Trinajstić information content (AvgIpc) is 3.62. The number of carbonyl (C=O) groups excluding carboxylic acids is 4. The molecule has 13 nitrogen and oxygen atoms in total. The van der Waals surface area contributed by atoms with Gasteiger partial charge in [0.2, 0.25) is 11.8 Å². The van der Waals surface area contributed by atoms with Gasteiger partial charge in [-0.25, -0.2) is 9.78 Å². The molecule has 1 aliphatic rings. The van der Waals surface area contributed by atoms with Crippen molar-refractivity contribution in [3.63, 3.8) is 0 Å². The first kappa shape index (κ1) is 42.1. The summed E-state index contributed by atoms with van der Waals surface area (Å²) in [4.78, 5) is 73.4. The Morgan fingerprint density at radius 1 is 1.12 bits per heavy atom. The second-order valence-electron chi connectivity index (χ2n) is 14.0. The van der Waals surface area contributed by atoms with Gasteiger partial charge in [-0.1, -0.05) is 76.1 Å². The summed E-state index contributed by atoms with van der Waals surface area (Å²) >= 11 is 1.14. The van der Waals surface area contributed by atoms with Crippen LogP contribution in [0.2, 0.25) is 0 Å². The van der Waals surface area contributed by atoms with Crippen LogP contribution in [0.3, 0.4) is 0 Å². The van der Waals surface area contributed by atoms with Crippen LogP contribution in [0, 0.1) is 11.8 Å². The summed E-state index contributed by atoms with van der Waals surface area (Å²) in [7, 11) is 5.01. The number of hydrogen-bond donors (Lipinski definition) is 4. The molecule has 7 atom stereocenters. The van der Waals surface area contributed by atoms with Gasteiger partial charge in [-0.2, -0.15) is 0 Å². The lowest BCUT2D eigenvalue weighted by Crippen LogP contribution is -2.57. The van der Waals surface area contributed by atoms with Crippen molar-refractivity contribution in [2.75, 3.05) is 27.7 Å². The molecule has 1 aromatic carbocycles. The van der Waals surface area contributed by atoms with E-state index in [4.69, 9.17) is 4.74 Å². The summed E-state index contributed by atoms with van der Waals surface area (Å²) in [5, 5.41) is 19.9. The van der Waals surface area contributed by atoms with Crippen LogP contribution in [0.5, 0.6) is 0 Å². The largest absolute Gasteiger partial charge is 0.481 e. The second kappa shape index (κ2) is 20.1. The number of carboxylic acid groups (broad SMARTS) is 1. The van der Waals surface area contributed by atoms with Crippen LogP contribution in [0.4, 0.5) is 4.79 Å². The molecule has 2 aromatic rings. The quantitative estimate of drug-likeness (QED) is 0.157. The highest BCUT2D eigenvalue weighted by atomic mass is 32.1. The van der Waals surface area contributed by atoms with E-state index in [1.165, 1.54) is 7.05 Å². The lowest BCUT2D eigenvalue weighted by molar-refractivity contribution is -0.141. The molecule has 2 heterocycles. The Balaban J connectivity index is 1.84. The molecule has 1 fully saturated rings. The smallest absolute Gasteiger partial charge is 0.407 e. The van der Waals surface area contributed by atoms with Gasteiger partial charge in [0.1, 0.15) is 16.7 Å². The normalized spacial score (nSPS) is 18.1. The van der Waals surface area contributed by atoms with E-state index in [0.717, 1.165) is 42.7 Å². The summed E-state index contributed by atoms with van der Waals surface area (Å²) in [6.07, 6.45) is 2.45. The van der Waals surface area contributed by atoms with Crippen molar-refractivity contribution in [2.24, 2.45) is 11.8 Å². The molecule has 1 saturated heterocycles. The minimum Gasteiger partial charge on any atom is -0.481 e. The molecule has 52 heavy (non-hydrogen) atoms. The fourth-order valence-electron chi connectivity index (χ4n) is 6.41. The molecule has 14 heteroatoms. The van der Waals surface area contributed by atoms with Crippen LogP contribution >= 0.6 is 11.3 Å². The van der Waals surface area contributed by atoms with Crippen molar-refractivity contribution in [3.8, 4) is 0 Å². The molecular weight excluding hydrogens is 685 g/mol. The number of likely N-dealkylation sites (N-methyl/N-ethyl adjacent to an activating group) is 2. The predicted molar refractivity (Wildman–Crippen MR) is 201 cm³/mol. The van der Waals surface area contributed by atoms with Crippen molar-refractivity contribution < 1.29 is 33.8 Å². The number of aromatic nitrogens is 1. The Kier molecular flexibility index (Phi) is 16.3. The van der Waals surface area contributed by atoms with E-state index in [9.17, 15) is 29.1 Å². The molecule has 4 N–H and O–H groups in total. The zero-order valence-electron chi connectivity index (χ0n) is 31.5. The van der Waals surface area contributed by atoms with Crippen LogP contribution < -0.4 is 16.0 Å². The van der Waals surface area contributed by atoms with Gasteiger partial charge in [0, 0.05) is 31.9 Å². The fraction of sp³-hybridized carbons (Fsp3) is 0.579. The SMILES string of the molecule is C=C(C)[C@@H](C[C@@H](OC(=O)NC)c1nc(C(=O)N[C@@H](Cc2ccccc2)C[C@H](C)C(=O)O)cs1)N(C)C(=O)[C@@H](NC(=O)[C@H]1CCCCN1C)[C@@H](C)CC. The number of likely N-dealkylation sites (tertiary alicyclic amines) is 1. The third-order valence-corrected chi connectivity index (χ3v) is 10.8. The summed E-state index contributed by atoms with van der Waals surface area (Å²) in [5.41, 5.74) is 1.67. The van der Waals surface area contributed by atoms with E-state index in [1.54, 1.807) is 31.2 Å². The van der Waals surface area contributed by atoms with Gasteiger partial charge in [-0.3, -0.25) is 24.1 Å². The third kappa shape index (κ3) is 11.9. The maximum atomic E-state index is 14.2. The number of carbonyl (C=O) groups is 5. The van der Waals surface area contributed by atoms with Gasteiger partial charge in [0.25, 0.3) is 5.91 Å². The van der Waals surface area contributed by atoms with Crippen molar-refractivity contribution >= 4 is 41.1 Å². The van der Waals surface area contributed by atoms with E-state index < -0.39 is 48.1 Å². The summed E-state index contributed by atoms with van der Waals surface area (Å²) in [6.45, 7) is 12.3. The lowest BCUT2D eigenvalue weighted by atomic mass is 9.94. The van der Waals surface area contributed by atoms with Gasteiger partial charge in [-0.15, -0.1) is 11.3 Å². The average molecular weight is 741 g/mol. The van der Waals surface area contributed by atoms with E-state index in [2.05, 4.69) is 27.5 Å². The van der Waals surface area contributed by atoms with E-state index in [1.807, 2.05) is 56.1 Å². The highest BCUT2D eigenvalue weighted by molar-refractivity contribution is 7.09. The van der Waals surface area contributed by atoms with Gasteiger partial charge >= 0.3 is 12.1 Å². The fourth-order valence-corrected chi connectivity index (χ4v) is 7.25. The molecule has 0 saturated carbocycles. The Hall–Kier alpha value is -4.30. The number of ether oxygens (including phenoxy) is 1. The lowest BCUT2D eigenvalue weighted by Gasteiger charge is -2.37. The van der Waals surface area contributed by atoms with Crippen LogP contribution in [0.1, 0.15) is 93.4 Å². The number of nitrogens with zero attached hydrogens (tertiary/aromatic N) is 3. The van der Waals surface area contributed by atoms with Gasteiger partial charge in [0.05, 0.1) is 18.0 Å². The number of piperidine rings is 1. The Morgan fingerprint density at radius 3 is 2.40 bits per heavy atom. The van der Waals surface area contributed by atoms with E-state index in [0.29, 0.717) is 23.4 Å². The minimum absolute atomic E-state index is 0.0927. The Morgan fingerprint density at radius 2 is 1.81 bits per heavy atom. The summed E-state index contributed by atoms with van der Waals surface area (Å²) in [5.74, 6) is -2.74. The third-order valence-electron chi connectivity index (χ3n) is 9.87. The standard InChI is InChI=1S/C38H56N6O7S/c1-9-24(4)32(42-34(46)29-17-13-14-18-43(29)7)36(47)44(8)30(23(2)3)21-31(51-38(50)39-6)35-41-28(22-52-35)33(45)40-27(19-25(5)37(48)49)20-26-15-11-10-12-16-26/h10-12,15-16,22,24-25,27,29-32H,2,9,13-14,17-21H2,1,3-8H3,(H,39,50)(H,40,45)(H,42,46)(H,48,49)/t24-,25-,27+,29+,30+,31+,32-/m0/s1.